The maximum atomic E-state index is 12.5. The van der Waals surface area contributed by atoms with Crippen LogP contribution in [-0.4, -0.2) is 61.0 Å². The number of amides is 3. The zero-order chi connectivity index (χ0) is 27.2. The number of carbonyl (C=O) groups is 5. The topological polar surface area (TPSA) is 192 Å². The fourth-order valence-corrected chi connectivity index (χ4v) is 2.69. The van der Waals surface area contributed by atoms with Crippen molar-refractivity contribution in [1.29, 1.82) is 0 Å². The molecule has 37 heavy (non-hydrogen) atoms. The molecule has 0 heterocycles. The van der Waals surface area contributed by atoms with Gasteiger partial charge in [0.1, 0.15) is 24.9 Å². The second-order valence-corrected chi connectivity index (χ2v) is 7.26. The molecule has 0 aromatic heterocycles. The summed E-state index contributed by atoms with van der Waals surface area (Å²) in [5.74, 6) is -3.25. The largest absolute Gasteiger partial charge is 0.469 e. The van der Waals surface area contributed by atoms with Gasteiger partial charge in [-0.15, -0.1) is 0 Å². The number of carbonyl (C=O) groups excluding carboxylic acids is 5. The highest BCUT2D eigenvalue weighted by Crippen LogP contribution is 2.17. The van der Waals surface area contributed by atoms with Crippen LogP contribution in [0, 0.1) is 10.1 Å². The van der Waals surface area contributed by atoms with Crippen LogP contribution in [0.4, 0.5) is 10.5 Å². The molecule has 0 aliphatic rings. The molecule has 0 saturated heterocycles. The average molecular weight is 516 g/mol. The number of benzene rings is 2. The Kier molecular flexibility index (Phi) is 11.0. The van der Waals surface area contributed by atoms with Gasteiger partial charge >= 0.3 is 18.0 Å². The van der Waals surface area contributed by atoms with E-state index < -0.39 is 60.3 Å². The Morgan fingerprint density at radius 1 is 0.919 bits per heavy atom. The van der Waals surface area contributed by atoms with Gasteiger partial charge in [0, 0.05) is 12.1 Å². The number of hydrogen-bond acceptors (Lipinski definition) is 10. The number of nitro groups is 1. The lowest BCUT2D eigenvalue weighted by Gasteiger charge is -2.17. The predicted molar refractivity (Wildman–Crippen MR) is 125 cm³/mol. The van der Waals surface area contributed by atoms with E-state index in [9.17, 15) is 34.1 Å². The quantitative estimate of drug-likeness (QED) is 0.156. The maximum absolute atomic E-state index is 12.5. The highest BCUT2D eigenvalue weighted by molar-refractivity contribution is 5.92. The third-order valence-electron chi connectivity index (χ3n) is 4.55. The lowest BCUT2D eigenvalue weighted by atomic mass is 10.2. The number of hydrogen-bond donors (Lipinski definition) is 3. The van der Waals surface area contributed by atoms with Gasteiger partial charge in [-0.05, 0) is 17.7 Å². The zero-order valence-electron chi connectivity index (χ0n) is 19.6. The molecule has 0 bridgehead atoms. The second kappa shape index (κ2) is 14.4. The molecular formula is C23H24N4O10. The zero-order valence-corrected chi connectivity index (χ0v) is 19.6. The molecule has 0 saturated carbocycles. The minimum absolute atomic E-state index is 0.0361. The maximum Gasteiger partial charge on any atom is 0.408 e. The predicted octanol–water partition coefficient (Wildman–Crippen LogP) is 0.591. The van der Waals surface area contributed by atoms with Crippen molar-refractivity contribution in [1.82, 2.24) is 16.0 Å². The second-order valence-electron chi connectivity index (χ2n) is 7.26. The first-order valence-electron chi connectivity index (χ1n) is 10.7. The van der Waals surface area contributed by atoms with E-state index in [0.717, 1.165) is 19.2 Å². The van der Waals surface area contributed by atoms with E-state index >= 15 is 0 Å². The Morgan fingerprint density at radius 3 is 2.22 bits per heavy atom. The van der Waals surface area contributed by atoms with Crippen LogP contribution in [0.25, 0.3) is 0 Å². The number of alkyl carbamates (subject to hydrolysis) is 1. The molecule has 0 spiro atoms. The summed E-state index contributed by atoms with van der Waals surface area (Å²) >= 11 is 0. The number of nitro benzene ring substituents is 1. The number of nitrogens with zero attached hydrogens (tertiary/aromatic N) is 1. The van der Waals surface area contributed by atoms with Crippen molar-refractivity contribution in [2.24, 2.45) is 0 Å². The van der Waals surface area contributed by atoms with Gasteiger partial charge in [-0.1, -0.05) is 30.3 Å². The Hall–Kier alpha value is -5.01. The van der Waals surface area contributed by atoms with E-state index in [4.69, 9.17) is 9.47 Å². The highest BCUT2D eigenvalue weighted by Gasteiger charge is 2.25. The van der Waals surface area contributed by atoms with Crippen molar-refractivity contribution >= 4 is 35.5 Å². The van der Waals surface area contributed by atoms with Crippen molar-refractivity contribution in [3.8, 4) is 5.75 Å². The average Bonchev–Trinajstić information content (AvgIpc) is 2.89. The van der Waals surface area contributed by atoms with Crippen LogP contribution >= 0.6 is 0 Å². The summed E-state index contributed by atoms with van der Waals surface area (Å²) in [4.78, 5) is 70.1. The molecule has 0 aliphatic carbocycles. The van der Waals surface area contributed by atoms with Crippen LogP contribution in [0.1, 0.15) is 12.0 Å². The Bertz CT molecular complexity index is 1120. The van der Waals surface area contributed by atoms with E-state index in [1.807, 2.05) is 0 Å². The molecule has 14 heteroatoms. The number of methoxy groups -OCH3 is 1. The van der Waals surface area contributed by atoms with E-state index in [1.54, 1.807) is 30.3 Å². The summed E-state index contributed by atoms with van der Waals surface area (Å²) in [6.07, 6.45) is -1.49. The van der Waals surface area contributed by atoms with Gasteiger partial charge < -0.3 is 30.2 Å². The number of rotatable bonds is 12. The van der Waals surface area contributed by atoms with E-state index in [0.29, 0.717) is 5.56 Å². The Labute approximate surface area is 210 Å². The Balaban J connectivity index is 1.79. The summed E-state index contributed by atoms with van der Waals surface area (Å²) < 4.78 is 14.5. The number of non-ortho nitro benzene ring substituents is 1. The summed E-state index contributed by atoms with van der Waals surface area (Å²) in [5, 5.41) is 17.3. The SMILES string of the molecule is COC(=O)C[C@@H](NC(=O)OCc1ccccc1)C(=O)NCC(=O)NCC(=O)Oc1ccc([N+](=O)[O-])cc1. The van der Waals surface area contributed by atoms with Gasteiger partial charge in [0.25, 0.3) is 5.69 Å². The Morgan fingerprint density at radius 2 is 1.59 bits per heavy atom. The van der Waals surface area contributed by atoms with Crippen LogP contribution in [0.3, 0.4) is 0 Å². The van der Waals surface area contributed by atoms with Gasteiger partial charge in [0.15, 0.2) is 0 Å². The summed E-state index contributed by atoms with van der Waals surface area (Å²) in [6.45, 7) is -1.21. The van der Waals surface area contributed by atoms with E-state index in [1.165, 1.54) is 12.1 Å². The smallest absolute Gasteiger partial charge is 0.408 e. The fourth-order valence-electron chi connectivity index (χ4n) is 2.69. The first-order chi connectivity index (χ1) is 17.7. The molecule has 2 rings (SSSR count). The molecular weight excluding hydrogens is 492 g/mol. The standard InChI is InChI=1S/C23H24N4O10/c1-35-20(29)11-18(26-23(32)36-14-15-5-3-2-4-6-15)22(31)25-12-19(28)24-13-21(30)37-17-9-7-16(8-10-17)27(33)34/h2-10,18H,11-14H2,1H3,(H,24,28)(H,25,31)(H,26,32)/t18-/m1/s1. The van der Waals surface area contributed by atoms with E-state index in [-0.39, 0.29) is 18.0 Å². The van der Waals surface area contributed by atoms with Gasteiger partial charge in [0.2, 0.25) is 11.8 Å². The third kappa shape index (κ3) is 10.4. The van der Waals surface area contributed by atoms with Crippen molar-refractivity contribution in [3.05, 3.63) is 70.3 Å². The number of ether oxygens (including phenoxy) is 3. The van der Waals surface area contributed by atoms with Gasteiger partial charge in [-0.3, -0.25) is 24.5 Å². The lowest BCUT2D eigenvalue weighted by Crippen LogP contribution is -2.50. The molecule has 2 aromatic carbocycles. The van der Waals surface area contributed by atoms with Gasteiger partial charge in [0.05, 0.1) is 25.0 Å². The minimum Gasteiger partial charge on any atom is -0.469 e. The molecule has 1 atom stereocenters. The highest BCUT2D eigenvalue weighted by atomic mass is 16.6. The molecule has 3 amide bonds. The van der Waals surface area contributed by atoms with Crippen molar-refractivity contribution < 1.29 is 43.1 Å². The summed E-state index contributed by atoms with van der Waals surface area (Å²) in [5.41, 5.74) is 0.517. The normalized spacial score (nSPS) is 10.8. The fraction of sp³-hybridized carbons (Fsp3) is 0.261. The molecule has 0 fully saturated rings. The van der Waals surface area contributed by atoms with Gasteiger partial charge in [-0.25, -0.2) is 9.59 Å². The van der Waals surface area contributed by atoms with Crippen LogP contribution in [0.5, 0.6) is 5.75 Å². The lowest BCUT2D eigenvalue weighted by molar-refractivity contribution is -0.384. The number of esters is 2. The van der Waals surface area contributed by atoms with Crippen LogP contribution in [-0.2, 0) is 35.3 Å². The van der Waals surface area contributed by atoms with Gasteiger partial charge in [-0.2, -0.15) is 0 Å². The molecule has 3 N–H and O–H groups in total. The minimum atomic E-state index is -1.39. The molecule has 14 nitrogen and oxygen atoms in total. The van der Waals surface area contributed by atoms with Crippen molar-refractivity contribution in [2.45, 2.75) is 19.1 Å². The molecule has 0 radical (unpaired) electrons. The summed E-state index contributed by atoms with van der Waals surface area (Å²) in [6, 6.07) is 12.1. The third-order valence-corrected chi connectivity index (χ3v) is 4.55. The molecule has 2 aromatic rings. The molecule has 196 valence electrons. The number of nitrogens with one attached hydrogen (secondary N) is 3. The van der Waals surface area contributed by atoms with Crippen LogP contribution in [0.15, 0.2) is 54.6 Å². The van der Waals surface area contributed by atoms with Crippen molar-refractivity contribution in [2.75, 3.05) is 20.2 Å². The summed E-state index contributed by atoms with van der Waals surface area (Å²) in [7, 11) is 1.11. The first kappa shape index (κ1) is 28.2. The van der Waals surface area contributed by atoms with Crippen molar-refractivity contribution in [3.63, 3.8) is 0 Å². The molecule has 0 aliphatic heterocycles. The first-order valence-corrected chi connectivity index (χ1v) is 10.7. The van der Waals surface area contributed by atoms with Crippen LogP contribution < -0.4 is 20.7 Å². The van der Waals surface area contributed by atoms with E-state index in [2.05, 4.69) is 20.7 Å². The van der Waals surface area contributed by atoms with Crippen LogP contribution in [0.2, 0.25) is 0 Å². The molecule has 0 unspecified atom stereocenters. The monoisotopic (exact) mass is 516 g/mol.